The molecule has 2 rings (SSSR count). The molecule has 0 spiro atoms. The number of H-pyrrole nitrogens is 1. The molecule has 4 N–H and O–H groups in total. The number of aromatic nitrogens is 4. The van der Waals surface area contributed by atoms with E-state index in [4.69, 9.17) is 5.73 Å². The Morgan fingerprint density at radius 1 is 1.44 bits per heavy atom. The molecular formula is C10H14N6. The van der Waals surface area contributed by atoms with E-state index in [1.807, 2.05) is 32.0 Å². The molecule has 0 saturated carbocycles. The Hall–Kier alpha value is -2.11. The number of nitrogens with one attached hydrogen (secondary N) is 2. The van der Waals surface area contributed by atoms with Crippen molar-refractivity contribution in [3.8, 4) is 0 Å². The molecule has 84 valence electrons. The van der Waals surface area contributed by atoms with Gasteiger partial charge in [-0.3, -0.25) is 0 Å². The van der Waals surface area contributed by atoms with E-state index < -0.39 is 0 Å². The van der Waals surface area contributed by atoms with Crippen LogP contribution in [0.25, 0.3) is 0 Å². The summed E-state index contributed by atoms with van der Waals surface area (Å²) in [6.45, 7) is 3.98. The van der Waals surface area contributed by atoms with Crippen LogP contribution in [0.1, 0.15) is 24.4 Å². The van der Waals surface area contributed by atoms with E-state index in [0.29, 0.717) is 5.82 Å². The largest absolute Gasteiger partial charge is 0.399 e. The number of anilines is 2. The first-order chi connectivity index (χ1) is 7.66. The van der Waals surface area contributed by atoms with Crippen molar-refractivity contribution in [2.45, 2.75) is 19.9 Å². The van der Waals surface area contributed by atoms with Crippen LogP contribution in [0.3, 0.4) is 0 Å². The number of rotatable bonds is 3. The summed E-state index contributed by atoms with van der Waals surface area (Å²) < 4.78 is 0. The lowest BCUT2D eigenvalue weighted by molar-refractivity contribution is 0.792. The molecule has 0 aliphatic rings. The fourth-order valence-electron chi connectivity index (χ4n) is 1.45. The van der Waals surface area contributed by atoms with Crippen LogP contribution in [-0.2, 0) is 0 Å². The summed E-state index contributed by atoms with van der Waals surface area (Å²) in [6.07, 6.45) is 0. The molecule has 0 aliphatic carbocycles. The lowest BCUT2D eigenvalue weighted by Crippen LogP contribution is -2.09. The average molecular weight is 218 g/mol. The Kier molecular flexibility index (Phi) is 2.72. The summed E-state index contributed by atoms with van der Waals surface area (Å²) in [6, 6.07) is 5.73. The maximum atomic E-state index is 5.73. The van der Waals surface area contributed by atoms with Crippen LogP contribution in [0.15, 0.2) is 18.2 Å². The number of nitrogens with two attached hydrogens (primary N) is 1. The first-order valence-electron chi connectivity index (χ1n) is 5.03. The third kappa shape index (κ3) is 2.10. The van der Waals surface area contributed by atoms with Crippen LogP contribution in [0.4, 0.5) is 11.4 Å². The van der Waals surface area contributed by atoms with Crippen LogP contribution in [0.5, 0.6) is 0 Å². The molecule has 0 aliphatic heterocycles. The zero-order chi connectivity index (χ0) is 11.5. The number of hydrogen-bond acceptors (Lipinski definition) is 5. The molecule has 6 nitrogen and oxygen atoms in total. The number of nitrogens with zero attached hydrogens (tertiary/aromatic N) is 3. The third-order valence-corrected chi connectivity index (χ3v) is 2.38. The molecule has 16 heavy (non-hydrogen) atoms. The molecule has 0 fully saturated rings. The van der Waals surface area contributed by atoms with Crippen molar-refractivity contribution in [2.24, 2.45) is 0 Å². The Labute approximate surface area is 93.2 Å². The number of nitrogen functional groups attached to an aromatic ring is 1. The molecule has 1 aromatic carbocycles. The second kappa shape index (κ2) is 4.18. The van der Waals surface area contributed by atoms with E-state index in [0.717, 1.165) is 16.9 Å². The number of aryl methyl sites for hydroxylation is 1. The molecule has 6 heteroatoms. The molecule has 0 saturated heterocycles. The monoisotopic (exact) mass is 218 g/mol. The van der Waals surface area contributed by atoms with E-state index in [2.05, 4.69) is 25.9 Å². The van der Waals surface area contributed by atoms with Crippen molar-refractivity contribution < 1.29 is 0 Å². The lowest BCUT2D eigenvalue weighted by atomic mass is 10.1. The minimum Gasteiger partial charge on any atom is -0.399 e. The molecule has 0 radical (unpaired) electrons. The second-order valence-corrected chi connectivity index (χ2v) is 3.71. The van der Waals surface area contributed by atoms with E-state index in [1.165, 1.54) is 0 Å². The highest BCUT2D eigenvalue weighted by molar-refractivity contribution is 5.59. The average Bonchev–Trinajstić information content (AvgIpc) is 2.76. The molecule has 0 bridgehead atoms. The van der Waals surface area contributed by atoms with Gasteiger partial charge in [0.2, 0.25) is 0 Å². The van der Waals surface area contributed by atoms with Gasteiger partial charge >= 0.3 is 0 Å². The summed E-state index contributed by atoms with van der Waals surface area (Å²) in [5.41, 5.74) is 8.57. The SMILES string of the molecule is Cc1ccc(N)cc1NC(C)c1nn[nH]n1. The summed E-state index contributed by atoms with van der Waals surface area (Å²) in [5.74, 6) is 0.627. The number of aromatic amines is 1. The van der Waals surface area contributed by atoms with Crippen LogP contribution in [0, 0.1) is 6.92 Å². The summed E-state index contributed by atoms with van der Waals surface area (Å²) in [4.78, 5) is 0. The number of benzene rings is 1. The fourth-order valence-corrected chi connectivity index (χ4v) is 1.45. The van der Waals surface area contributed by atoms with E-state index in [9.17, 15) is 0 Å². The van der Waals surface area contributed by atoms with E-state index in [-0.39, 0.29) is 6.04 Å². The van der Waals surface area contributed by atoms with Crippen LogP contribution >= 0.6 is 0 Å². The fraction of sp³-hybridized carbons (Fsp3) is 0.300. The van der Waals surface area contributed by atoms with Gasteiger partial charge in [0.25, 0.3) is 0 Å². The quantitative estimate of drug-likeness (QED) is 0.674. The first kappa shape index (κ1) is 10.4. The van der Waals surface area contributed by atoms with Crippen LogP contribution < -0.4 is 11.1 Å². The minimum atomic E-state index is -0.0146. The topological polar surface area (TPSA) is 92.5 Å². The van der Waals surface area contributed by atoms with Gasteiger partial charge in [-0.2, -0.15) is 5.21 Å². The Morgan fingerprint density at radius 3 is 2.94 bits per heavy atom. The van der Waals surface area contributed by atoms with Gasteiger partial charge in [0.1, 0.15) is 0 Å². The Morgan fingerprint density at radius 2 is 2.25 bits per heavy atom. The molecule has 2 aromatic rings. The van der Waals surface area contributed by atoms with Gasteiger partial charge in [0, 0.05) is 11.4 Å². The zero-order valence-corrected chi connectivity index (χ0v) is 9.23. The van der Waals surface area contributed by atoms with Crippen molar-refractivity contribution >= 4 is 11.4 Å². The van der Waals surface area contributed by atoms with Crippen molar-refractivity contribution in [1.82, 2.24) is 20.6 Å². The molecular weight excluding hydrogens is 204 g/mol. The molecule has 1 aromatic heterocycles. The maximum absolute atomic E-state index is 5.73. The normalized spacial score (nSPS) is 12.4. The zero-order valence-electron chi connectivity index (χ0n) is 9.23. The Balaban J connectivity index is 2.17. The predicted octanol–water partition coefficient (Wildman–Crippen LogP) is 1.26. The summed E-state index contributed by atoms with van der Waals surface area (Å²) >= 11 is 0. The van der Waals surface area contributed by atoms with Crippen molar-refractivity contribution in [3.05, 3.63) is 29.6 Å². The van der Waals surface area contributed by atoms with Gasteiger partial charge in [-0.05, 0) is 31.5 Å². The summed E-state index contributed by atoms with van der Waals surface area (Å²) in [7, 11) is 0. The van der Waals surface area contributed by atoms with Gasteiger partial charge in [-0.25, -0.2) is 0 Å². The highest BCUT2D eigenvalue weighted by Gasteiger charge is 2.10. The van der Waals surface area contributed by atoms with Gasteiger partial charge in [-0.1, -0.05) is 11.3 Å². The van der Waals surface area contributed by atoms with Crippen molar-refractivity contribution in [1.29, 1.82) is 0 Å². The second-order valence-electron chi connectivity index (χ2n) is 3.71. The lowest BCUT2D eigenvalue weighted by Gasteiger charge is -2.14. The smallest absolute Gasteiger partial charge is 0.196 e. The highest BCUT2D eigenvalue weighted by atomic mass is 15.5. The Bertz CT molecular complexity index is 464. The molecule has 0 amide bonds. The standard InChI is InChI=1S/C10H14N6/c1-6-3-4-8(11)5-9(6)12-7(2)10-13-15-16-14-10/h3-5,7,12H,11H2,1-2H3,(H,13,14,15,16). The third-order valence-electron chi connectivity index (χ3n) is 2.38. The van der Waals surface area contributed by atoms with Gasteiger partial charge in [0.05, 0.1) is 6.04 Å². The van der Waals surface area contributed by atoms with E-state index in [1.54, 1.807) is 0 Å². The van der Waals surface area contributed by atoms with Crippen LogP contribution in [0.2, 0.25) is 0 Å². The van der Waals surface area contributed by atoms with Gasteiger partial charge < -0.3 is 11.1 Å². The number of tetrazole rings is 1. The molecule has 1 heterocycles. The van der Waals surface area contributed by atoms with Crippen molar-refractivity contribution in [3.63, 3.8) is 0 Å². The van der Waals surface area contributed by atoms with Gasteiger partial charge in [0.15, 0.2) is 5.82 Å². The van der Waals surface area contributed by atoms with Crippen molar-refractivity contribution in [2.75, 3.05) is 11.1 Å². The predicted molar refractivity (Wildman–Crippen MR) is 61.8 cm³/mol. The molecule has 1 atom stereocenters. The summed E-state index contributed by atoms with van der Waals surface area (Å²) in [5, 5.41) is 17.1. The van der Waals surface area contributed by atoms with Crippen LogP contribution in [-0.4, -0.2) is 20.6 Å². The maximum Gasteiger partial charge on any atom is 0.196 e. The molecule has 1 unspecified atom stereocenters. The van der Waals surface area contributed by atoms with E-state index >= 15 is 0 Å². The minimum absolute atomic E-state index is 0.0146. The number of hydrogen-bond donors (Lipinski definition) is 3. The highest BCUT2D eigenvalue weighted by Crippen LogP contribution is 2.22. The first-order valence-corrected chi connectivity index (χ1v) is 5.03. The van der Waals surface area contributed by atoms with Gasteiger partial charge in [-0.15, -0.1) is 10.2 Å².